The molecule has 0 saturated carbocycles. The SMILES string of the molecule is CCCOc1c2cccc1Cc1cc(NC(=S)N[C@@H]3O[C@H](CO)[C@H](O)[C@H](O)[C@H]3O)cc(c1OCCC)Cc1cccc(c1OCCC)Cc1cc(NC(=S)N[C@@H]3O[C@H](CO)[C@H](O)[C@H](O)[C@H]3O)cc(c1OCCC)C2. The number of aliphatic hydroxyl groups excluding tert-OH is 8. The average Bonchev–Trinajstić information content (AvgIpc) is 3.37. The van der Waals surface area contributed by atoms with Crippen molar-refractivity contribution in [2.45, 2.75) is 140 Å². The van der Waals surface area contributed by atoms with E-state index in [0.717, 1.165) is 70.2 Å². The Labute approximate surface area is 442 Å². The van der Waals surface area contributed by atoms with Crippen molar-refractivity contribution in [2.24, 2.45) is 0 Å². The molecule has 12 N–H and O–H groups in total. The quantitative estimate of drug-likeness (QED) is 0.0559. The van der Waals surface area contributed by atoms with Gasteiger partial charge in [0.2, 0.25) is 0 Å². The van der Waals surface area contributed by atoms with Gasteiger partial charge in [0.25, 0.3) is 0 Å². The Morgan fingerprint density at radius 2 is 0.743 bits per heavy atom. The monoisotopic (exact) mass is 1060 g/mol. The molecule has 1 aliphatic carbocycles. The highest BCUT2D eigenvalue weighted by Gasteiger charge is 2.45. The molecule has 7 rings (SSSR count). The molecular weight excluding hydrogens is 993 g/mol. The summed E-state index contributed by atoms with van der Waals surface area (Å²) < 4.78 is 38.3. The second-order valence-corrected chi connectivity index (χ2v) is 19.7. The highest BCUT2D eigenvalue weighted by Crippen LogP contribution is 2.41. The molecule has 18 nitrogen and oxygen atoms in total. The van der Waals surface area contributed by atoms with E-state index >= 15 is 0 Å². The minimum absolute atomic E-state index is 0.0556. The lowest BCUT2D eigenvalue weighted by Gasteiger charge is -2.40. The minimum atomic E-state index is -1.60. The van der Waals surface area contributed by atoms with Crippen LogP contribution in [0.25, 0.3) is 0 Å². The van der Waals surface area contributed by atoms with Gasteiger partial charge in [-0.15, -0.1) is 0 Å². The third-order valence-corrected chi connectivity index (χ3v) is 13.5. The maximum Gasteiger partial charge on any atom is 0.172 e. The maximum atomic E-state index is 10.8. The van der Waals surface area contributed by atoms with Crippen LogP contribution in [0, 0.1) is 0 Å². The summed E-state index contributed by atoms with van der Waals surface area (Å²) in [5, 5.41) is 95.6. The summed E-state index contributed by atoms with van der Waals surface area (Å²) in [6, 6.07) is 20.0. The van der Waals surface area contributed by atoms with Gasteiger partial charge in [-0.2, -0.15) is 0 Å². The number of hydrogen-bond donors (Lipinski definition) is 12. The van der Waals surface area contributed by atoms with Gasteiger partial charge in [0, 0.05) is 59.3 Å². The summed E-state index contributed by atoms with van der Waals surface area (Å²) in [6.07, 6.45) is -9.69. The molecule has 20 heteroatoms. The van der Waals surface area contributed by atoms with Crippen LogP contribution in [0.2, 0.25) is 0 Å². The van der Waals surface area contributed by atoms with Gasteiger partial charge >= 0.3 is 0 Å². The first-order valence-corrected chi connectivity index (χ1v) is 26.3. The Bertz CT molecular complexity index is 2270. The van der Waals surface area contributed by atoms with E-state index in [0.29, 0.717) is 86.5 Å². The summed E-state index contributed by atoms with van der Waals surface area (Å²) >= 11 is 11.6. The van der Waals surface area contributed by atoms with Crippen molar-refractivity contribution in [3.8, 4) is 23.0 Å². The van der Waals surface area contributed by atoms with Crippen LogP contribution in [0.15, 0.2) is 60.7 Å². The van der Waals surface area contributed by atoms with Crippen LogP contribution in [-0.2, 0) is 35.2 Å². The smallest absolute Gasteiger partial charge is 0.172 e. The molecule has 2 fully saturated rings. The van der Waals surface area contributed by atoms with Crippen molar-refractivity contribution in [3.05, 3.63) is 105 Å². The van der Waals surface area contributed by atoms with E-state index in [1.54, 1.807) is 0 Å². The number of rotatable bonds is 18. The fraction of sp³-hybridized carbons (Fsp3) is 0.519. The van der Waals surface area contributed by atoms with Crippen molar-refractivity contribution >= 4 is 46.0 Å². The normalized spacial score (nSPS) is 24.5. The van der Waals surface area contributed by atoms with E-state index in [2.05, 4.69) is 35.1 Å². The molecule has 0 aromatic heterocycles. The second kappa shape index (κ2) is 26.7. The molecule has 4 aromatic carbocycles. The summed E-state index contributed by atoms with van der Waals surface area (Å²) in [5.41, 5.74) is 8.04. The lowest BCUT2D eigenvalue weighted by atomic mass is 9.90. The van der Waals surface area contributed by atoms with Gasteiger partial charge < -0.3 is 90.5 Å². The number of nitrogens with one attached hydrogen (secondary N) is 4. The van der Waals surface area contributed by atoms with Gasteiger partial charge in [-0.05, 0) is 96.6 Å². The zero-order chi connectivity index (χ0) is 53.1. The van der Waals surface area contributed by atoms with Crippen LogP contribution in [0.1, 0.15) is 97.9 Å². The fourth-order valence-electron chi connectivity index (χ4n) is 9.42. The molecule has 10 atom stereocenters. The molecule has 0 unspecified atom stereocenters. The van der Waals surface area contributed by atoms with Crippen molar-refractivity contribution in [1.82, 2.24) is 10.6 Å². The lowest BCUT2D eigenvalue weighted by Crippen LogP contribution is -2.63. The predicted octanol–water partition coefficient (Wildman–Crippen LogP) is 3.69. The van der Waals surface area contributed by atoms with Gasteiger partial charge in [0.05, 0.1) is 39.6 Å². The van der Waals surface area contributed by atoms with E-state index in [1.807, 2.05) is 74.5 Å². The Morgan fingerprint density at radius 1 is 0.459 bits per heavy atom. The summed E-state index contributed by atoms with van der Waals surface area (Å²) in [5.74, 6) is 2.79. The number of aliphatic hydroxyl groups is 8. The molecule has 8 bridgehead atoms. The molecule has 4 aromatic rings. The molecule has 74 heavy (non-hydrogen) atoms. The molecule has 3 aliphatic rings. The number of hydrogen-bond acceptors (Lipinski definition) is 16. The Hall–Kier alpha value is -4.94. The zero-order valence-electron chi connectivity index (χ0n) is 42.3. The van der Waals surface area contributed by atoms with Crippen molar-refractivity contribution in [1.29, 1.82) is 0 Å². The van der Waals surface area contributed by atoms with E-state index in [4.69, 9.17) is 52.9 Å². The number of ether oxygens (including phenoxy) is 6. The van der Waals surface area contributed by atoms with E-state index in [-0.39, 0.29) is 10.2 Å². The van der Waals surface area contributed by atoms with Crippen LogP contribution < -0.4 is 40.2 Å². The molecule has 2 saturated heterocycles. The van der Waals surface area contributed by atoms with Gasteiger partial charge in [0.15, 0.2) is 22.7 Å². The summed E-state index contributed by atoms with van der Waals surface area (Å²) in [7, 11) is 0. The van der Waals surface area contributed by atoms with Crippen molar-refractivity contribution in [3.63, 3.8) is 0 Å². The van der Waals surface area contributed by atoms with Crippen LogP contribution in [0.3, 0.4) is 0 Å². The van der Waals surface area contributed by atoms with Crippen LogP contribution in [-0.4, -0.2) is 152 Å². The molecule has 0 amide bonds. The Morgan fingerprint density at radius 3 is 1.01 bits per heavy atom. The minimum Gasteiger partial charge on any atom is -0.493 e. The predicted molar refractivity (Wildman–Crippen MR) is 286 cm³/mol. The molecule has 2 aliphatic heterocycles. The van der Waals surface area contributed by atoms with Crippen molar-refractivity contribution in [2.75, 3.05) is 50.3 Å². The van der Waals surface area contributed by atoms with E-state index in [1.165, 1.54) is 0 Å². The highest BCUT2D eigenvalue weighted by molar-refractivity contribution is 7.80. The number of thiocarbonyl (C=S) groups is 2. The second-order valence-electron chi connectivity index (χ2n) is 18.9. The molecule has 404 valence electrons. The number of para-hydroxylation sites is 2. The first-order valence-electron chi connectivity index (χ1n) is 25.5. The molecule has 0 spiro atoms. The van der Waals surface area contributed by atoms with Crippen LogP contribution in [0.4, 0.5) is 11.4 Å². The summed E-state index contributed by atoms with van der Waals surface area (Å²) in [6.45, 7) is 8.77. The van der Waals surface area contributed by atoms with Gasteiger partial charge in [-0.1, -0.05) is 64.1 Å². The third kappa shape index (κ3) is 13.5. The first kappa shape index (κ1) is 56.8. The highest BCUT2D eigenvalue weighted by atomic mass is 32.1. The topological polar surface area (TPSA) is 265 Å². The summed E-state index contributed by atoms with van der Waals surface area (Å²) in [4.78, 5) is 0. The van der Waals surface area contributed by atoms with Crippen LogP contribution in [0.5, 0.6) is 23.0 Å². The fourth-order valence-corrected chi connectivity index (χ4v) is 9.89. The van der Waals surface area contributed by atoms with E-state index in [9.17, 15) is 40.9 Å². The zero-order valence-corrected chi connectivity index (χ0v) is 43.9. The largest absolute Gasteiger partial charge is 0.493 e. The van der Waals surface area contributed by atoms with Gasteiger partial charge in [0.1, 0.15) is 71.8 Å². The third-order valence-electron chi connectivity index (χ3n) is 13.0. The number of fused-ring (bicyclic) bond motifs is 8. The molecular formula is C54H72N4O14S2. The van der Waals surface area contributed by atoms with E-state index < -0.39 is 74.5 Å². The standard InChI is InChI=1S/C54H72N4O14S2/c1-5-15-67-47-29-11-9-12-30(47)20-34-24-38(56-54(74)58-52-46(66)44(64)42(62)40(28-60)72-52)26-36(50(34)70-18-8-4)22-32-14-10-13-31(48(32)68-16-6-2)21-35-25-37(23-33(19-29)49(35)69-17-7-3)55-53(73)57-51-45(65)43(63)41(61)39(27-59)71-51/h9-14,23-26,39-46,51-52,59-66H,5-8,15-22,27-28H2,1-4H3,(H2,55,57,73)(H2,56,58,74)/t39-,40-,41+,42+,43+,44+,45-,46-,51-,52-/m1/s1. The van der Waals surface area contributed by atoms with Gasteiger partial charge in [-0.25, -0.2) is 0 Å². The van der Waals surface area contributed by atoms with Gasteiger partial charge in [-0.3, -0.25) is 0 Å². The van der Waals surface area contributed by atoms with Crippen molar-refractivity contribution < 1.29 is 69.3 Å². The Balaban J connectivity index is 1.36. The van der Waals surface area contributed by atoms with Crippen LogP contribution >= 0.6 is 24.4 Å². The molecule has 0 radical (unpaired) electrons. The Kier molecular flexibility index (Phi) is 20.5. The average molecular weight is 1070 g/mol. The number of benzene rings is 4. The number of anilines is 2. The molecule has 2 heterocycles. The maximum absolute atomic E-state index is 10.8. The lowest BCUT2D eigenvalue weighted by molar-refractivity contribution is -0.232. The first-order chi connectivity index (χ1) is 35.7.